The summed E-state index contributed by atoms with van der Waals surface area (Å²) in [6, 6.07) is 4.94. The maximum Gasteiger partial charge on any atom is 0.307 e. The zero-order chi connectivity index (χ0) is 14.8. The van der Waals surface area contributed by atoms with Crippen molar-refractivity contribution in [3.8, 4) is 11.5 Å². The molecule has 0 saturated heterocycles. The molecule has 1 aliphatic carbocycles. The fourth-order valence-electron chi connectivity index (χ4n) is 2.37. The smallest absolute Gasteiger partial charge is 0.307 e. The van der Waals surface area contributed by atoms with E-state index in [1.165, 1.54) is 14.0 Å². The lowest BCUT2D eigenvalue weighted by Crippen LogP contribution is -2.45. The normalized spacial score (nSPS) is 16.1. The number of hydrogen-bond donors (Lipinski definition) is 1. The Morgan fingerprint density at radius 2 is 2.00 bits per heavy atom. The van der Waals surface area contributed by atoms with Crippen LogP contribution in [0.25, 0.3) is 0 Å². The second-order valence-corrected chi connectivity index (χ2v) is 5.13. The Balaban J connectivity index is 2.24. The van der Waals surface area contributed by atoms with Gasteiger partial charge in [0, 0.05) is 5.56 Å². The van der Waals surface area contributed by atoms with E-state index < -0.39 is 11.6 Å². The van der Waals surface area contributed by atoms with Gasteiger partial charge in [0.15, 0.2) is 17.3 Å². The molecule has 108 valence electrons. The van der Waals surface area contributed by atoms with Crippen molar-refractivity contribution in [2.75, 3.05) is 7.11 Å². The highest BCUT2D eigenvalue weighted by atomic mass is 16.5. The van der Waals surface area contributed by atoms with Gasteiger partial charge in [-0.1, -0.05) is 0 Å². The van der Waals surface area contributed by atoms with E-state index in [1.807, 2.05) is 0 Å². The molecule has 1 N–H and O–H groups in total. The molecular formula is C15H18O5. The van der Waals surface area contributed by atoms with Crippen LogP contribution < -0.4 is 9.47 Å². The monoisotopic (exact) mass is 278 g/mol. The predicted octanol–water partition coefficient (Wildman–Crippen LogP) is 2.67. The fourth-order valence-corrected chi connectivity index (χ4v) is 2.37. The minimum Gasteiger partial charge on any atom is -0.493 e. The molecule has 0 amide bonds. The second kappa shape index (κ2) is 5.53. The van der Waals surface area contributed by atoms with Gasteiger partial charge in [0.1, 0.15) is 5.60 Å². The number of ketones is 1. The molecule has 0 unspecified atom stereocenters. The van der Waals surface area contributed by atoms with E-state index in [-0.39, 0.29) is 12.2 Å². The summed E-state index contributed by atoms with van der Waals surface area (Å²) in [7, 11) is 1.50. The molecule has 2 rings (SSSR count). The highest BCUT2D eigenvalue weighted by molar-refractivity contribution is 5.94. The van der Waals surface area contributed by atoms with E-state index in [2.05, 4.69) is 0 Å². The number of benzene rings is 1. The molecule has 0 spiro atoms. The molecule has 0 radical (unpaired) electrons. The van der Waals surface area contributed by atoms with Gasteiger partial charge in [0.05, 0.1) is 13.5 Å². The number of aliphatic carboxylic acids is 1. The van der Waals surface area contributed by atoms with Crippen LogP contribution in [0.1, 0.15) is 43.0 Å². The number of carbonyl (C=O) groups excluding carboxylic acids is 1. The summed E-state index contributed by atoms with van der Waals surface area (Å²) in [5.74, 6) is 0.00980. The first-order chi connectivity index (χ1) is 9.46. The van der Waals surface area contributed by atoms with Crippen LogP contribution in [0.5, 0.6) is 11.5 Å². The molecule has 0 bridgehead atoms. The SMILES string of the molecule is COc1cc(C(C)=O)ccc1OC1(CC(=O)O)CCC1. The van der Waals surface area contributed by atoms with Crippen LogP contribution in [-0.2, 0) is 4.79 Å². The third kappa shape index (κ3) is 2.92. The molecule has 0 atom stereocenters. The van der Waals surface area contributed by atoms with Crippen LogP contribution >= 0.6 is 0 Å². The number of Topliss-reactive ketones (excluding diaryl/α,β-unsaturated/α-hetero) is 1. The van der Waals surface area contributed by atoms with Crippen molar-refractivity contribution in [2.45, 2.75) is 38.2 Å². The van der Waals surface area contributed by atoms with Crippen molar-refractivity contribution in [2.24, 2.45) is 0 Å². The van der Waals surface area contributed by atoms with E-state index in [1.54, 1.807) is 18.2 Å². The lowest BCUT2D eigenvalue weighted by molar-refractivity contribution is -0.144. The van der Waals surface area contributed by atoms with E-state index in [0.717, 1.165) is 19.3 Å². The minimum absolute atomic E-state index is 0.0232. The number of carbonyl (C=O) groups is 2. The van der Waals surface area contributed by atoms with Gasteiger partial charge in [-0.05, 0) is 44.4 Å². The maximum atomic E-state index is 11.3. The van der Waals surface area contributed by atoms with Crippen molar-refractivity contribution in [1.29, 1.82) is 0 Å². The number of carboxylic acid groups (broad SMARTS) is 1. The molecule has 1 aromatic carbocycles. The first-order valence-corrected chi connectivity index (χ1v) is 6.55. The van der Waals surface area contributed by atoms with E-state index in [9.17, 15) is 9.59 Å². The lowest BCUT2D eigenvalue weighted by Gasteiger charge is -2.41. The van der Waals surface area contributed by atoms with Crippen LogP contribution in [0.4, 0.5) is 0 Å². The zero-order valence-corrected chi connectivity index (χ0v) is 11.6. The van der Waals surface area contributed by atoms with Gasteiger partial charge in [-0.2, -0.15) is 0 Å². The number of carboxylic acids is 1. The Morgan fingerprint density at radius 3 is 2.45 bits per heavy atom. The van der Waals surface area contributed by atoms with Gasteiger partial charge in [-0.15, -0.1) is 0 Å². The third-order valence-electron chi connectivity index (χ3n) is 3.63. The standard InChI is InChI=1S/C15H18O5/c1-10(16)11-4-5-12(13(8-11)19-2)20-15(6-3-7-15)9-14(17)18/h4-5,8H,3,6-7,9H2,1-2H3,(H,17,18). The molecule has 5 heteroatoms. The Labute approximate surface area is 117 Å². The summed E-state index contributed by atoms with van der Waals surface area (Å²) in [4.78, 5) is 22.3. The van der Waals surface area contributed by atoms with Crippen molar-refractivity contribution >= 4 is 11.8 Å². The summed E-state index contributed by atoms with van der Waals surface area (Å²) in [5.41, 5.74) is -0.105. The third-order valence-corrected chi connectivity index (χ3v) is 3.63. The zero-order valence-electron chi connectivity index (χ0n) is 11.6. The number of hydrogen-bond acceptors (Lipinski definition) is 4. The van der Waals surface area contributed by atoms with Crippen LogP contribution in [0.2, 0.25) is 0 Å². The summed E-state index contributed by atoms with van der Waals surface area (Å²) in [5, 5.41) is 8.98. The van der Waals surface area contributed by atoms with Gasteiger partial charge in [0.2, 0.25) is 0 Å². The molecule has 1 aliphatic rings. The molecule has 1 aromatic rings. The van der Waals surface area contributed by atoms with E-state index in [4.69, 9.17) is 14.6 Å². The Kier molecular flexibility index (Phi) is 3.97. The van der Waals surface area contributed by atoms with Gasteiger partial charge in [-0.3, -0.25) is 9.59 Å². The van der Waals surface area contributed by atoms with Crippen LogP contribution in [-0.4, -0.2) is 29.6 Å². The van der Waals surface area contributed by atoms with Crippen molar-refractivity contribution in [3.63, 3.8) is 0 Å². The molecule has 5 nitrogen and oxygen atoms in total. The summed E-state index contributed by atoms with van der Waals surface area (Å²) in [6.45, 7) is 1.48. The second-order valence-electron chi connectivity index (χ2n) is 5.13. The number of ether oxygens (including phenoxy) is 2. The quantitative estimate of drug-likeness (QED) is 0.810. The average molecular weight is 278 g/mol. The van der Waals surface area contributed by atoms with Crippen LogP contribution in [0, 0.1) is 0 Å². The predicted molar refractivity (Wildman–Crippen MR) is 72.5 cm³/mol. The molecule has 20 heavy (non-hydrogen) atoms. The maximum absolute atomic E-state index is 11.3. The summed E-state index contributed by atoms with van der Waals surface area (Å²) >= 11 is 0. The molecule has 0 heterocycles. The Bertz CT molecular complexity index is 531. The van der Waals surface area contributed by atoms with Crippen LogP contribution in [0.3, 0.4) is 0 Å². The largest absolute Gasteiger partial charge is 0.493 e. The first kappa shape index (κ1) is 14.4. The highest BCUT2D eigenvalue weighted by Crippen LogP contribution is 2.42. The van der Waals surface area contributed by atoms with Crippen LogP contribution in [0.15, 0.2) is 18.2 Å². The Hall–Kier alpha value is -2.04. The highest BCUT2D eigenvalue weighted by Gasteiger charge is 2.42. The number of rotatable bonds is 6. The van der Waals surface area contributed by atoms with Gasteiger partial charge in [0.25, 0.3) is 0 Å². The van der Waals surface area contributed by atoms with Gasteiger partial charge in [-0.25, -0.2) is 0 Å². The first-order valence-electron chi connectivity index (χ1n) is 6.55. The summed E-state index contributed by atoms with van der Waals surface area (Å²) in [6.07, 6.45) is 2.37. The Morgan fingerprint density at radius 1 is 1.30 bits per heavy atom. The van der Waals surface area contributed by atoms with E-state index >= 15 is 0 Å². The molecule has 1 saturated carbocycles. The molecular weight excluding hydrogens is 260 g/mol. The van der Waals surface area contributed by atoms with E-state index in [0.29, 0.717) is 17.1 Å². The molecule has 0 aromatic heterocycles. The lowest BCUT2D eigenvalue weighted by atomic mass is 9.77. The topological polar surface area (TPSA) is 72.8 Å². The van der Waals surface area contributed by atoms with Crippen molar-refractivity contribution in [1.82, 2.24) is 0 Å². The summed E-state index contributed by atoms with van der Waals surface area (Å²) < 4.78 is 11.1. The number of methoxy groups -OCH3 is 1. The average Bonchev–Trinajstić information content (AvgIpc) is 2.35. The minimum atomic E-state index is -0.871. The van der Waals surface area contributed by atoms with Gasteiger partial charge >= 0.3 is 5.97 Å². The van der Waals surface area contributed by atoms with Crippen molar-refractivity contribution < 1.29 is 24.2 Å². The molecule has 1 fully saturated rings. The van der Waals surface area contributed by atoms with Crippen molar-refractivity contribution in [3.05, 3.63) is 23.8 Å². The fraction of sp³-hybridized carbons (Fsp3) is 0.467. The molecule has 0 aliphatic heterocycles. The van der Waals surface area contributed by atoms with Gasteiger partial charge < -0.3 is 14.6 Å².